The zero-order chi connectivity index (χ0) is 16.9. The van der Waals surface area contributed by atoms with Crippen LogP contribution in [0.1, 0.15) is 13.3 Å². The Morgan fingerprint density at radius 3 is 1.95 bits per heavy atom. The van der Waals surface area contributed by atoms with Gasteiger partial charge in [-0.25, -0.2) is 0 Å². The van der Waals surface area contributed by atoms with E-state index in [1.165, 1.54) is 0 Å². The molecule has 0 aliphatic rings. The zero-order valence-electron chi connectivity index (χ0n) is 11.0. The average molecular weight is 382 g/mol. The largest absolute Gasteiger partial charge is 0.494 e. The Morgan fingerprint density at radius 1 is 1.14 bits per heavy atom. The first-order valence-corrected chi connectivity index (χ1v) is 6.45. The Kier molecular flexibility index (Phi) is 6.85. The lowest BCUT2D eigenvalue weighted by atomic mass is 9.97. The van der Waals surface area contributed by atoms with Crippen LogP contribution >= 0.6 is 15.9 Å². The van der Waals surface area contributed by atoms with E-state index in [1.807, 2.05) is 0 Å². The van der Waals surface area contributed by atoms with Crippen LogP contribution in [0.2, 0.25) is 0 Å². The van der Waals surface area contributed by atoms with E-state index in [0.29, 0.717) is 12.5 Å². The van der Waals surface area contributed by atoms with Crippen molar-refractivity contribution in [2.24, 2.45) is 5.73 Å². The van der Waals surface area contributed by atoms with Gasteiger partial charge in [0.25, 0.3) is 0 Å². The maximum absolute atomic E-state index is 12.8. The third kappa shape index (κ3) is 4.69. The fourth-order valence-corrected chi connectivity index (χ4v) is 1.50. The van der Waals surface area contributed by atoms with E-state index in [2.05, 4.69) is 6.58 Å². The van der Waals surface area contributed by atoms with Crippen LogP contribution in [0, 0.1) is 0 Å². The van der Waals surface area contributed by atoms with Crippen molar-refractivity contribution in [3.8, 4) is 0 Å². The minimum Gasteiger partial charge on any atom is -0.494 e. The number of ether oxygens (including phenoxy) is 1. The van der Waals surface area contributed by atoms with Gasteiger partial charge >= 0.3 is 12.4 Å². The molecule has 0 aliphatic carbocycles. The molecule has 0 unspecified atom stereocenters. The summed E-state index contributed by atoms with van der Waals surface area (Å²) in [5.74, 6) is -0.0737. The Bertz CT molecular complexity index is 410. The highest BCUT2D eigenvalue weighted by Crippen LogP contribution is 2.53. The summed E-state index contributed by atoms with van der Waals surface area (Å²) >= 11 is 1.74. The van der Waals surface area contributed by atoms with Gasteiger partial charge in [-0.15, -0.1) is 0 Å². The Hall–Kier alpha value is -1.12. The van der Waals surface area contributed by atoms with E-state index in [1.54, 1.807) is 22.9 Å². The summed E-state index contributed by atoms with van der Waals surface area (Å²) in [7, 11) is 0. The number of allylic oxidation sites excluding steroid dienone is 3. The SMILES string of the molecule is C=C(/C=C\C(=C/N)C(Br)(C(F)(F)F)C(F)(F)F)OCCC. The predicted molar refractivity (Wildman–Crippen MR) is 70.6 cm³/mol. The molecule has 0 saturated carbocycles. The molecular formula is C12H14BrF6NO. The second-order valence-electron chi connectivity index (χ2n) is 3.92. The van der Waals surface area contributed by atoms with Gasteiger partial charge < -0.3 is 10.5 Å². The van der Waals surface area contributed by atoms with Crippen LogP contribution in [-0.2, 0) is 4.74 Å². The average Bonchev–Trinajstić information content (AvgIpc) is 2.33. The number of rotatable bonds is 6. The molecule has 0 amide bonds. The van der Waals surface area contributed by atoms with Gasteiger partial charge in [0.05, 0.1) is 6.61 Å². The van der Waals surface area contributed by atoms with Gasteiger partial charge in [0, 0.05) is 5.57 Å². The molecule has 2 nitrogen and oxygen atoms in total. The van der Waals surface area contributed by atoms with E-state index in [0.717, 1.165) is 6.08 Å². The van der Waals surface area contributed by atoms with E-state index >= 15 is 0 Å². The first-order chi connectivity index (χ1) is 9.41. The Labute approximate surface area is 126 Å². The number of nitrogens with two attached hydrogens (primary N) is 1. The highest BCUT2D eigenvalue weighted by molar-refractivity contribution is 9.10. The molecule has 0 aromatic carbocycles. The van der Waals surface area contributed by atoms with Crippen molar-refractivity contribution in [1.29, 1.82) is 0 Å². The summed E-state index contributed by atoms with van der Waals surface area (Å²) in [5, 5.41) is 0. The molecule has 0 bridgehead atoms. The molecule has 0 saturated heterocycles. The predicted octanol–water partition coefficient (Wildman–Crippen LogP) is 4.58. The summed E-state index contributed by atoms with van der Waals surface area (Å²) in [4.78, 5) is 0. The van der Waals surface area contributed by atoms with Crippen LogP contribution in [0.4, 0.5) is 26.3 Å². The topological polar surface area (TPSA) is 35.2 Å². The van der Waals surface area contributed by atoms with Gasteiger partial charge in [-0.2, -0.15) is 26.3 Å². The number of alkyl halides is 7. The van der Waals surface area contributed by atoms with Crippen LogP contribution in [0.25, 0.3) is 0 Å². The lowest BCUT2D eigenvalue weighted by molar-refractivity contribution is -0.249. The quantitative estimate of drug-likeness (QED) is 0.316. The normalized spacial score (nSPS) is 14.6. The highest BCUT2D eigenvalue weighted by Gasteiger charge is 2.71. The summed E-state index contributed by atoms with van der Waals surface area (Å²) < 4.78 is 77.6. The second kappa shape index (κ2) is 7.24. The first kappa shape index (κ1) is 19.9. The zero-order valence-corrected chi connectivity index (χ0v) is 12.6. The van der Waals surface area contributed by atoms with Gasteiger partial charge in [-0.1, -0.05) is 35.5 Å². The molecule has 0 rings (SSSR count). The van der Waals surface area contributed by atoms with Crippen molar-refractivity contribution in [1.82, 2.24) is 0 Å². The Morgan fingerprint density at radius 2 is 1.62 bits per heavy atom. The Balaban J connectivity index is 5.51. The fraction of sp³-hybridized carbons (Fsp3) is 0.500. The fourth-order valence-electron chi connectivity index (χ4n) is 1.24. The summed E-state index contributed by atoms with van der Waals surface area (Å²) in [6.07, 6.45) is -8.96. The van der Waals surface area contributed by atoms with Crippen LogP contribution in [0.5, 0.6) is 0 Å². The minimum atomic E-state index is -5.63. The molecule has 9 heteroatoms. The van der Waals surface area contributed by atoms with Crippen molar-refractivity contribution in [3.05, 3.63) is 36.3 Å². The molecular weight excluding hydrogens is 368 g/mol. The molecule has 0 atom stereocenters. The van der Waals surface area contributed by atoms with Crippen LogP contribution in [0.15, 0.2) is 36.3 Å². The van der Waals surface area contributed by atoms with Crippen molar-refractivity contribution >= 4 is 15.9 Å². The maximum Gasteiger partial charge on any atom is 0.416 e. The number of hydrogen-bond donors (Lipinski definition) is 1. The van der Waals surface area contributed by atoms with Gasteiger partial charge in [0.2, 0.25) is 4.32 Å². The molecule has 0 aromatic heterocycles. The third-order valence-corrected chi connectivity index (χ3v) is 3.66. The van der Waals surface area contributed by atoms with Crippen LogP contribution in [0.3, 0.4) is 0 Å². The van der Waals surface area contributed by atoms with Gasteiger partial charge in [-0.3, -0.25) is 0 Å². The smallest absolute Gasteiger partial charge is 0.416 e. The maximum atomic E-state index is 12.8. The lowest BCUT2D eigenvalue weighted by Gasteiger charge is -2.32. The van der Waals surface area contributed by atoms with Gasteiger partial charge in [-0.05, 0) is 18.7 Å². The molecule has 21 heavy (non-hydrogen) atoms. The summed E-state index contributed by atoms with van der Waals surface area (Å²) in [6, 6.07) is 0. The van der Waals surface area contributed by atoms with Crippen LogP contribution < -0.4 is 5.73 Å². The second-order valence-corrected chi connectivity index (χ2v) is 5.11. The molecule has 2 N–H and O–H groups in total. The van der Waals surface area contributed by atoms with E-state index in [4.69, 9.17) is 10.5 Å². The standard InChI is InChI=1S/C12H14BrF6NO/c1-3-6-21-8(2)4-5-9(7-20)10(13,11(14,15)16)12(17,18)19/h4-5,7H,2-3,6,20H2,1H3/b5-4-,9-7+. The molecule has 0 heterocycles. The third-order valence-electron chi connectivity index (χ3n) is 2.30. The molecule has 0 radical (unpaired) electrons. The number of halogens is 7. The van der Waals surface area contributed by atoms with Gasteiger partial charge in [0.1, 0.15) is 5.76 Å². The molecule has 0 aliphatic heterocycles. The molecule has 0 spiro atoms. The van der Waals surface area contributed by atoms with E-state index in [-0.39, 0.29) is 18.6 Å². The van der Waals surface area contributed by atoms with Crippen molar-refractivity contribution in [2.75, 3.05) is 6.61 Å². The van der Waals surface area contributed by atoms with Crippen molar-refractivity contribution < 1.29 is 31.1 Å². The molecule has 0 aromatic rings. The molecule has 122 valence electrons. The van der Waals surface area contributed by atoms with E-state index in [9.17, 15) is 26.3 Å². The van der Waals surface area contributed by atoms with Gasteiger partial charge in [0.15, 0.2) is 0 Å². The molecule has 0 fully saturated rings. The van der Waals surface area contributed by atoms with Crippen molar-refractivity contribution in [3.63, 3.8) is 0 Å². The van der Waals surface area contributed by atoms with Crippen LogP contribution in [-0.4, -0.2) is 23.3 Å². The first-order valence-electron chi connectivity index (χ1n) is 5.66. The summed E-state index contributed by atoms with van der Waals surface area (Å²) in [6.45, 7) is 5.37. The highest BCUT2D eigenvalue weighted by atomic mass is 79.9. The van der Waals surface area contributed by atoms with E-state index < -0.39 is 22.2 Å². The van der Waals surface area contributed by atoms with Crippen molar-refractivity contribution in [2.45, 2.75) is 30.0 Å². The monoisotopic (exact) mass is 381 g/mol. The summed E-state index contributed by atoms with van der Waals surface area (Å²) in [5.41, 5.74) is 3.71. The number of hydrogen-bond acceptors (Lipinski definition) is 2. The lowest BCUT2D eigenvalue weighted by Crippen LogP contribution is -2.53. The minimum absolute atomic E-state index is 0.0737.